The Kier molecular flexibility index (Phi) is 4.20. The van der Waals surface area contributed by atoms with Crippen LogP contribution in [0.15, 0.2) is 23.4 Å². The molecule has 1 saturated carbocycles. The highest BCUT2D eigenvalue weighted by atomic mass is 35.5. The number of nitrogens with zero attached hydrogens (tertiary/aromatic N) is 1. The van der Waals surface area contributed by atoms with Crippen LogP contribution in [0.25, 0.3) is 0 Å². The molecule has 19 heavy (non-hydrogen) atoms. The molecular weight excluding hydrogens is 264 g/mol. The van der Waals surface area contributed by atoms with Gasteiger partial charge in [0, 0.05) is 16.9 Å². The number of rotatable bonds is 6. The van der Waals surface area contributed by atoms with Gasteiger partial charge in [-0.15, -0.1) is 0 Å². The van der Waals surface area contributed by atoms with E-state index < -0.39 is 0 Å². The van der Waals surface area contributed by atoms with E-state index in [0.29, 0.717) is 13.0 Å². The summed E-state index contributed by atoms with van der Waals surface area (Å²) >= 11 is 6.07. The second-order valence-electron chi connectivity index (χ2n) is 5.16. The molecule has 1 aliphatic carbocycles. The van der Waals surface area contributed by atoms with Crippen molar-refractivity contribution in [3.8, 4) is 5.75 Å². The third-order valence-electron chi connectivity index (χ3n) is 3.58. The lowest BCUT2D eigenvalue weighted by Gasteiger charge is -2.16. The number of benzene rings is 1. The van der Waals surface area contributed by atoms with Crippen molar-refractivity contribution in [2.45, 2.75) is 32.6 Å². The number of amidine groups is 1. The molecule has 0 spiro atoms. The topological polar surface area (TPSA) is 67.8 Å². The maximum atomic E-state index is 8.62. The predicted octanol–water partition coefficient (Wildman–Crippen LogP) is 3.20. The minimum Gasteiger partial charge on any atom is -0.493 e. The van der Waals surface area contributed by atoms with E-state index in [-0.39, 0.29) is 11.3 Å². The van der Waals surface area contributed by atoms with Crippen LogP contribution in [0.2, 0.25) is 5.02 Å². The van der Waals surface area contributed by atoms with Crippen molar-refractivity contribution in [2.24, 2.45) is 16.3 Å². The molecule has 0 saturated heterocycles. The van der Waals surface area contributed by atoms with E-state index in [1.54, 1.807) is 0 Å². The first-order chi connectivity index (χ1) is 9.08. The van der Waals surface area contributed by atoms with Crippen LogP contribution in [-0.4, -0.2) is 17.6 Å². The van der Waals surface area contributed by atoms with Crippen LogP contribution in [0, 0.1) is 5.41 Å². The highest BCUT2D eigenvalue weighted by Crippen LogP contribution is 2.49. The van der Waals surface area contributed by atoms with Crippen molar-refractivity contribution in [1.29, 1.82) is 0 Å². The second-order valence-corrected chi connectivity index (χ2v) is 5.57. The lowest BCUT2D eigenvalue weighted by atomic mass is 10.0. The molecular formula is C14H19ClN2O2. The van der Waals surface area contributed by atoms with Gasteiger partial charge in [-0.1, -0.05) is 23.7 Å². The van der Waals surface area contributed by atoms with Gasteiger partial charge in [-0.3, -0.25) is 0 Å². The van der Waals surface area contributed by atoms with Crippen molar-refractivity contribution in [2.75, 3.05) is 6.61 Å². The Balaban J connectivity index is 1.95. The molecule has 1 aliphatic rings. The zero-order chi connectivity index (χ0) is 13.9. The zero-order valence-electron chi connectivity index (χ0n) is 11.0. The van der Waals surface area contributed by atoms with Crippen LogP contribution in [0.4, 0.5) is 0 Å². The van der Waals surface area contributed by atoms with Crippen LogP contribution >= 0.6 is 11.6 Å². The number of ether oxygens (including phenoxy) is 1. The summed E-state index contributed by atoms with van der Waals surface area (Å²) in [5, 5.41) is 12.4. The number of aryl methyl sites for hydroxylation is 1. The molecule has 0 bridgehead atoms. The smallest absolute Gasteiger partial charge is 0.139 e. The molecule has 0 aromatic heterocycles. The van der Waals surface area contributed by atoms with E-state index in [1.165, 1.54) is 0 Å². The molecule has 1 aromatic carbocycles. The summed E-state index contributed by atoms with van der Waals surface area (Å²) in [7, 11) is 0. The predicted molar refractivity (Wildman–Crippen MR) is 76.0 cm³/mol. The Labute approximate surface area is 118 Å². The van der Waals surface area contributed by atoms with E-state index >= 15 is 0 Å². The van der Waals surface area contributed by atoms with Gasteiger partial charge in [-0.05, 0) is 43.0 Å². The van der Waals surface area contributed by atoms with Crippen LogP contribution in [0.3, 0.4) is 0 Å². The van der Waals surface area contributed by atoms with Gasteiger partial charge in [-0.25, -0.2) is 0 Å². The lowest BCUT2D eigenvalue weighted by Crippen LogP contribution is -2.22. The number of nitrogens with two attached hydrogens (primary N) is 1. The Morgan fingerprint density at radius 2 is 2.26 bits per heavy atom. The molecule has 5 heteroatoms. The number of oxime groups is 1. The Bertz CT molecular complexity index is 484. The summed E-state index contributed by atoms with van der Waals surface area (Å²) in [6.07, 6.45) is 3.57. The average Bonchev–Trinajstić information content (AvgIpc) is 3.17. The largest absolute Gasteiger partial charge is 0.493 e. The van der Waals surface area contributed by atoms with Crippen molar-refractivity contribution < 1.29 is 9.94 Å². The summed E-state index contributed by atoms with van der Waals surface area (Å²) in [4.78, 5) is 0. The number of hydrogen-bond donors (Lipinski definition) is 2. The molecule has 3 N–H and O–H groups in total. The fourth-order valence-electron chi connectivity index (χ4n) is 2.12. The molecule has 0 unspecified atom stereocenters. The van der Waals surface area contributed by atoms with Crippen molar-refractivity contribution in [3.63, 3.8) is 0 Å². The fraction of sp³-hybridized carbons (Fsp3) is 0.500. The monoisotopic (exact) mass is 282 g/mol. The van der Waals surface area contributed by atoms with Crippen molar-refractivity contribution in [1.82, 2.24) is 0 Å². The zero-order valence-corrected chi connectivity index (χ0v) is 11.8. The highest BCUT2D eigenvalue weighted by Gasteiger charge is 2.44. The molecule has 1 fully saturated rings. The second kappa shape index (κ2) is 5.70. The van der Waals surface area contributed by atoms with Crippen LogP contribution in [0.1, 0.15) is 31.7 Å². The normalized spacial score (nSPS) is 17.3. The van der Waals surface area contributed by atoms with E-state index in [0.717, 1.165) is 35.6 Å². The molecule has 4 nitrogen and oxygen atoms in total. The Morgan fingerprint density at radius 3 is 2.84 bits per heavy atom. The average molecular weight is 283 g/mol. The van der Waals surface area contributed by atoms with E-state index in [2.05, 4.69) is 12.1 Å². The molecule has 2 rings (SSSR count). The van der Waals surface area contributed by atoms with Gasteiger partial charge in [-0.2, -0.15) is 0 Å². The number of halogens is 1. The lowest BCUT2D eigenvalue weighted by molar-refractivity contribution is 0.236. The van der Waals surface area contributed by atoms with Gasteiger partial charge in [0.25, 0.3) is 0 Å². The molecule has 0 amide bonds. The molecule has 0 aliphatic heterocycles. The summed E-state index contributed by atoms with van der Waals surface area (Å²) < 4.78 is 5.83. The van der Waals surface area contributed by atoms with Gasteiger partial charge in [0.1, 0.15) is 11.6 Å². The quantitative estimate of drug-likeness (QED) is 0.364. The third kappa shape index (κ3) is 3.53. The van der Waals surface area contributed by atoms with Gasteiger partial charge in [0.2, 0.25) is 0 Å². The van der Waals surface area contributed by atoms with Crippen LogP contribution in [0.5, 0.6) is 5.75 Å². The molecule has 104 valence electrons. The Hall–Kier alpha value is -1.42. The molecule has 0 heterocycles. The van der Waals surface area contributed by atoms with E-state index in [9.17, 15) is 0 Å². The Morgan fingerprint density at radius 1 is 1.53 bits per heavy atom. The minimum atomic E-state index is 0.0440. The fourth-order valence-corrected chi connectivity index (χ4v) is 2.37. The summed E-state index contributed by atoms with van der Waals surface area (Å²) in [5.41, 5.74) is 6.69. The van der Waals surface area contributed by atoms with Gasteiger partial charge < -0.3 is 15.7 Å². The van der Waals surface area contributed by atoms with Crippen LogP contribution in [-0.2, 0) is 6.42 Å². The third-order valence-corrected chi connectivity index (χ3v) is 3.95. The van der Waals surface area contributed by atoms with Gasteiger partial charge >= 0.3 is 0 Å². The SMILES string of the molecule is CCc1cc(OCC2(CC(N)=NO)CC2)ccc1Cl. The summed E-state index contributed by atoms with van der Waals surface area (Å²) in [6, 6.07) is 5.71. The summed E-state index contributed by atoms with van der Waals surface area (Å²) in [5.74, 6) is 1.10. The maximum absolute atomic E-state index is 8.62. The molecule has 0 radical (unpaired) electrons. The van der Waals surface area contributed by atoms with E-state index in [4.69, 9.17) is 27.3 Å². The molecule has 0 atom stereocenters. The van der Waals surface area contributed by atoms with E-state index in [1.807, 2.05) is 18.2 Å². The molecule has 1 aromatic rings. The number of hydrogen-bond acceptors (Lipinski definition) is 3. The maximum Gasteiger partial charge on any atom is 0.139 e. The highest BCUT2D eigenvalue weighted by molar-refractivity contribution is 6.31. The summed E-state index contributed by atoms with van der Waals surface area (Å²) in [6.45, 7) is 2.65. The van der Waals surface area contributed by atoms with Gasteiger partial charge in [0.05, 0.1) is 6.61 Å². The standard InChI is InChI=1S/C14H19ClN2O2/c1-2-10-7-11(3-4-12(10)15)19-9-14(5-6-14)8-13(16)17-18/h3-4,7,18H,2,5-6,8-9H2,1H3,(H2,16,17). The first kappa shape index (κ1) is 14.0. The minimum absolute atomic E-state index is 0.0440. The van der Waals surface area contributed by atoms with Crippen molar-refractivity contribution >= 4 is 17.4 Å². The van der Waals surface area contributed by atoms with Gasteiger partial charge in [0.15, 0.2) is 0 Å². The first-order valence-electron chi connectivity index (χ1n) is 6.46. The van der Waals surface area contributed by atoms with Crippen LogP contribution < -0.4 is 10.5 Å². The first-order valence-corrected chi connectivity index (χ1v) is 6.84. The van der Waals surface area contributed by atoms with Crippen molar-refractivity contribution in [3.05, 3.63) is 28.8 Å².